The van der Waals surface area contributed by atoms with Crippen molar-refractivity contribution in [2.45, 2.75) is 31.1 Å². The largest absolute Gasteiger partial charge is 0.744 e. The minimum absolute atomic E-state index is 0.0241. The van der Waals surface area contributed by atoms with Crippen LogP contribution in [-0.4, -0.2) is 13.0 Å². The van der Waals surface area contributed by atoms with E-state index in [-0.39, 0.29) is 11.3 Å². The van der Waals surface area contributed by atoms with E-state index >= 15 is 0 Å². The molecule has 0 heterocycles. The summed E-state index contributed by atoms with van der Waals surface area (Å²) in [7, 11) is -4.67. The zero-order valence-corrected chi connectivity index (χ0v) is 11.0. The fraction of sp³-hybridized carbons (Fsp3) is 0.333. The van der Waals surface area contributed by atoms with Crippen LogP contribution in [0.4, 0.5) is 5.69 Å². The van der Waals surface area contributed by atoms with Gasteiger partial charge in [-0.3, -0.25) is 0 Å². The van der Waals surface area contributed by atoms with Crippen molar-refractivity contribution >= 4 is 15.8 Å². The van der Waals surface area contributed by atoms with Gasteiger partial charge in [0.1, 0.15) is 10.1 Å². The molecule has 0 unspecified atom stereocenters. The highest BCUT2D eigenvalue weighted by atomic mass is 32.2. The first-order valence-corrected chi connectivity index (χ1v) is 6.44. The standard InChI is InChI=1S/C12H12N2O3S/c1-12(2,3)11-8(7-13)5-9(18(15,16)17)6-10(11)14-4/h5-6H,1-3H3,(H,15,16,17)/p-1. The van der Waals surface area contributed by atoms with Crippen LogP contribution in [0, 0.1) is 17.9 Å². The predicted molar refractivity (Wildman–Crippen MR) is 64.1 cm³/mol. The molecule has 0 amide bonds. The number of hydrogen-bond donors (Lipinski definition) is 0. The van der Waals surface area contributed by atoms with Gasteiger partial charge in [0.2, 0.25) is 0 Å². The second kappa shape index (κ2) is 4.41. The summed E-state index contributed by atoms with van der Waals surface area (Å²) >= 11 is 0. The van der Waals surface area contributed by atoms with Crippen LogP contribution in [0.3, 0.4) is 0 Å². The Morgan fingerprint density at radius 2 is 1.94 bits per heavy atom. The maximum absolute atomic E-state index is 11.0. The van der Waals surface area contributed by atoms with Crippen molar-refractivity contribution in [3.05, 3.63) is 34.7 Å². The van der Waals surface area contributed by atoms with E-state index < -0.39 is 20.4 Å². The van der Waals surface area contributed by atoms with Gasteiger partial charge in [-0.15, -0.1) is 0 Å². The van der Waals surface area contributed by atoms with E-state index in [1.54, 1.807) is 0 Å². The van der Waals surface area contributed by atoms with Crippen molar-refractivity contribution < 1.29 is 13.0 Å². The first-order chi connectivity index (χ1) is 8.11. The third-order valence-corrected chi connectivity index (χ3v) is 3.18. The van der Waals surface area contributed by atoms with Crippen LogP contribution in [0.1, 0.15) is 31.9 Å². The Labute approximate surface area is 106 Å². The van der Waals surface area contributed by atoms with Crippen LogP contribution in [-0.2, 0) is 15.5 Å². The van der Waals surface area contributed by atoms with Gasteiger partial charge in [-0.05, 0) is 23.1 Å². The fourth-order valence-corrected chi connectivity index (χ4v) is 2.23. The second-order valence-corrected chi connectivity index (χ2v) is 6.17. The van der Waals surface area contributed by atoms with E-state index in [1.807, 2.05) is 26.8 Å². The van der Waals surface area contributed by atoms with Gasteiger partial charge in [-0.25, -0.2) is 13.3 Å². The number of nitriles is 1. The maximum atomic E-state index is 11.0. The zero-order chi connectivity index (χ0) is 14.1. The topological polar surface area (TPSA) is 85.3 Å². The summed E-state index contributed by atoms with van der Waals surface area (Å²) < 4.78 is 32.9. The number of nitrogens with zero attached hydrogens (tertiary/aromatic N) is 2. The highest BCUT2D eigenvalue weighted by Gasteiger charge is 2.23. The van der Waals surface area contributed by atoms with E-state index in [1.165, 1.54) is 0 Å². The van der Waals surface area contributed by atoms with Gasteiger partial charge >= 0.3 is 0 Å². The van der Waals surface area contributed by atoms with Crippen LogP contribution in [0.5, 0.6) is 0 Å². The lowest BCUT2D eigenvalue weighted by atomic mass is 9.83. The molecule has 0 fully saturated rings. The molecular formula is C12H11N2O3S-. The normalized spacial score (nSPS) is 11.7. The van der Waals surface area contributed by atoms with Crippen molar-refractivity contribution in [2.75, 3.05) is 0 Å². The number of hydrogen-bond acceptors (Lipinski definition) is 4. The van der Waals surface area contributed by atoms with Crippen LogP contribution in [0.2, 0.25) is 0 Å². The Morgan fingerprint density at radius 1 is 1.39 bits per heavy atom. The Hall–Kier alpha value is -1.89. The second-order valence-electron chi connectivity index (χ2n) is 4.79. The van der Waals surface area contributed by atoms with Crippen molar-refractivity contribution in [3.63, 3.8) is 0 Å². The van der Waals surface area contributed by atoms with Gasteiger partial charge in [-0.1, -0.05) is 20.8 Å². The van der Waals surface area contributed by atoms with Crippen molar-refractivity contribution in [1.82, 2.24) is 0 Å². The van der Waals surface area contributed by atoms with Crippen LogP contribution in [0.15, 0.2) is 17.0 Å². The lowest BCUT2D eigenvalue weighted by Crippen LogP contribution is -2.14. The SMILES string of the molecule is [C-]#[N+]c1cc(S(=O)(=O)[O-])cc(C#N)c1C(C)(C)C. The molecule has 0 N–H and O–H groups in total. The first-order valence-electron chi connectivity index (χ1n) is 5.03. The molecule has 0 aromatic heterocycles. The van der Waals surface area contributed by atoms with Crippen molar-refractivity contribution in [2.24, 2.45) is 0 Å². The van der Waals surface area contributed by atoms with Gasteiger partial charge < -0.3 is 4.55 Å². The fourth-order valence-electron chi connectivity index (χ4n) is 1.71. The summed E-state index contributed by atoms with van der Waals surface area (Å²) in [5.41, 5.74) is 0.0321. The molecule has 0 radical (unpaired) electrons. The van der Waals surface area contributed by atoms with E-state index in [2.05, 4.69) is 4.85 Å². The Morgan fingerprint density at radius 3 is 2.28 bits per heavy atom. The quantitative estimate of drug-likeness (QED) is 0.574. The molecule has 0 aliphatic carbocycles. The molecule has 94 valence electrons. The summed E-state index contributed by atoms with van der Waals surface area (Å²) in [5, 5.41) is 9.04. The minimum atomic E-state index is -4.67. The molecule has 0 aliphatic heterocycles. The monoisotopic (exact) mass is 263 g/mol. The van der Waals surface area contributed by atoms with Gasteiger partial charge in [0.25, 0.3) is 0 Å². The molecule has 1 rings (SSSR count). The smallest absolute Gasteiger partial charge is 0.193 e. The van der Waals surface area contributed by atoms with Crippen molar-refractivity contribution in [1.29, 1.82) is 5.26 Å². The van der Waals surface area contributed by atoms with Crippen LogP contribution >= 0.6 is 0 Å². The summed E-state index contributed by atoms with van der Waals surface area (Å²) in [5.74, 6) is 0. The lowest BCUT2D eigenvalue weighted by Gasteiger charge is -2.23. The average molecular weight is 263 g/mol. The number of benzene rings is 1. The van der Waals surface area contributed by atoms with Gasteiger partial charge in [0.05, 0.1) is 12.6 Å². The molecule has 0 spiro atoms. The molecule has 0 saturated heterocycles. The molecule has 6 heteroatoms. The molecule has 5 nitrogen and oxygen atoms in total. The molecule has 0 bridgehead atoms. The van der Waals surface area contributed by atoms with Crippen LogP contribution < -0.4 is 0 Å². The Bertz CT molecular complexity index is 636. The highest BCUT2D eigenvalue weighted by Crippen LogP contribution is 2.36. The molecule has 1 aromatic carbocycles. The maximum Gasteiger partial charge on any atom is 0.193 e. The lowest BCUT2D eigenvalue weighted by molar-refractivity contribution is 0.463. The Balaban J connectivity index is 3.80. The molecule has 1 aromatic rings. The van der Waals surface area contributed by atoms with Crippen LogP contribution in [0.25, 0.3) is 4.85 Å². The van der Waals surface area contributed by atoms with E-state index in [4.69, 9.17) is 11.8 Å². The average Bonchev–Trinajstić information content (AvgIpc) is 2.24. The first kappa shape index (κ1) is 14.2. The van der Waals surface area contributed by atoms with Gasteiger partial charge in [-0.2, -0.15) is 5.26 Å². The zero-order valence-electron chi connectivity index (χ0n) is 10.2. The molecule has 0 aliphatic rings. The molecule has 18 heavy (non-hydrogen) atoms. The molecular weight excluding hydrogens is 252 g/mol. The summed E-state index contributed by atoms with van der Waals surface area (Å²) in [6.45, 7) is 12.5. The van der Waals surface area contributed by atoms with Gasteiger partial charge in [0, 0.05) is 10.5 Å². The molecule has 0 saturated carbocycles. The summed E-state index contributed by atoms with van der Waals surface area (Å²) in [6.07, 6.45) is 0. The van der Waals surface area contributed by atoms with E-state index in [9.17, 15) is 13.0 Å². The highest BCUT2D eigenvalue weighted by molar-refractivity contribution is 7.85. The third-order valence-electron chi connectivity index (χ3n) is 2.37. The predicted octanol–water partition coefficient (Wildman–Crippen LogP) is 2.31. The summed E-state index contributed by atoms with van der Waals surface area (Å²) in [4.78, 5) is 2.67. The van der Waals surface area contributed by atoms with Gasteiger partial charge in [0.15, 0.2) is 5.69 Å². The minimum Gasteiger partial charge on any atom is -0.744 e. The third kappa shape index (κ3) is 2.67. The van der Waals surface area contributed by atoms with E-state index in [0.717, 1.165) is 12.1 Å². The molecule has 0 atom stereocenters. The number of rotatable bonds is 1. The summed E-state index contributed by atoms with van der Waals surface area (Å²) in [6, 6.07) is 3.89. The Kier molecular flexibility index (Phi) is 3.47. The van der Waals surface area contributed by atoms with Crippen molar-refractivity contribution in [3.8, 4) is 6.07 Å². The van der Waals surface area contributed by atoms with E-state index in [0.29, 0.717) is 5.56 Å².